The van der Waals surface area contributed by atoms with Crippen LogP contribution in [0.5, 0.6) is 11.5 Å². The Hall–Kier alpha value is -2.74. The fraction of sp³-hybridized carbons (Fsp3) is 0.316. The molecule has 1 aliphatic rings. The largest absolute Gasteiger partial charge is 0.493 e. The van der Waals surface area contributed by atoms with Crippen molar-refractivity contribution in [3.8, 4) is 11.5 Å². The average Bonchev–Trinajstić information content (AvgIpc) is 2.89. The monoisotopic (exact) mass is 391 g/mol. The van der Waals surface area contributed by atoms with Crippen LogP contribution in [-0.2, 0) is 20.7 Å². The van der Waals surface area contributed by atoms with Gasteiger partial charge in [-0.05, 0) is 48.9 Å². The molecule has 0 radical (unpaired) electrons. The van der Waals surface area contributed by atoms with E-state index in [1.807, 2.05) is 13.0 Å². The van der Waals surface area contributed by atoms with Crippen molar-refractivity contribution in [3.63, 3.8) is 0 Å². The van der Waals surface area contributed by atoms with Crippen LogP contribution in [0.3, 0.4) is 0 Å². The second-order valence-electron chi connectivity index (χ2n) is 5.48. The van der Waals surface area contributed by atoms with Crippen LogP contribution >= 0.6 is 11.8 Å². The van der Waals surface area contributed by atoms with Gasteiger partial charge in [-0.3, -0.25) is 19.3 Å². The molecular weight excluding hydrogens is 370 g/mol. The second-order valence-corrected chi connectivity index (χ2v) is 6.47. The van der Waals surface area contributed by atoms with E-state index >= 15 is 0 Å². The summed E-state index contributed by atoms with van der Waals surface area (Å²) < 4.78 is 15.6. The van der Waals surface area contributed by atoms with Crippen LogP contribution in [0.15, 0.2) is 29.7 Å². The highest BCUT2D eigenvalue weighted by Gasteiger charge is 2.36. The molecule has 1 aromatic carbocycles. The molecule has 0 N–H and O–H groups in total. The van der Waals surface area contributed by atoms with E-state index in [1.165, 1.54) is 7.11 Å². The number of esters is 1. The number of methoxy groups -OCH3 is 2. The van der Waals surface area contributed by atoms with E-state index < -0.39 is 23.7 Å². The van der Waals surface area contributed by atoms with Gasteiger partial charge in [-0.1, -0.05) is 6.08 Å². The second kappa shape index (κ2) is 9.27. The standard InChI is InChI=1S/C19H21NO6S/c1-5-7-13-8-12(9-14(26-6-2)17(13)25-4)10-15-18(22)20(19(23)27-15)11-16(21)24-3/h5,8-10H,1,6-7,11H2,2-4H3/b15-10+. The van der Waals surface area contributed by atoms with Crippen molar-refractivity contribution in [3.05, 3.63) is 40.8 Å². The first-order valence-corrected chi connectivity index (χ1v) is 9.03. The molecule has 27 heavy (non-hydrogen) atoms. The Morgan fingerprint density at radius 2 is 2.04 bits per heavy atom. The van der Waals surface area contributed by atoms with Gasteiger partial charge in [-0.25, -0.2) is 0 Å². The lowest BCUT2D eigenvalue weighted by Crippen LogP contribution is -2.34. The summed E-state index contributed by atoms with van der Waals surface area (Å²) in [4.78, 5) is 37.0. The van der Waals surface area contributed by atoms with E-state index in [9.17, 15) is 14.4 Å². The molecule has 1 aromatic rings. The number of rotatable bonds is 8. The number of nitrogens with zero attached hydrogens (tertiary/aromatic N) is 1. The predicted molar refractivity (Wildman–Crippen MR) is 103 cm³/mol. The maximum atomic E-state index is 12.5. The molecule has 1 aliphatic heterocycles. The minimum absolute atomic E-state index is 0.223. The van der Waals surface area contributed by atoms with Crippen molar-refractivity contribution in [1.29, 1.82) is 0 Å². The number of thioether (sulfide) groups is 1. The van der Waals surface area contributed by atoms with Gasteiger partial charge < -0.3 is 14.2 Å². The minimum atomic E-state index is -0.658. The van der Waals surface area contributed by atoms with Gasteiger partial charge in [0.1, 0.15) is 6.54 Å². The number of benzene rings is 1. The molecule has 0 aliphatic carbocycles. The fourth-order valence-electron chi connectivity index (χ4n) is 2.55. The van der Waals surface area contributed by atoms with Crippen LogP contribution < -0.4 is 9.47 Å². The molecule has 0 atom stereocenters. The van der Waals surface area contributed by atoms with Gasteiger partial charge in [0.2, 0.25) is 0 Å². The quantitative estimate of drug-likeness (QED) is 0.383. The van der Waals surface area contributed by atoms with Gasteiger partial charge in [-0.15, -0.1) is 6.58 Å². The first-order valence-electron chi connectivity index (χ1n) is 8.21. The summed E-state index contributed by atoms with van der Waals surface area (Å²) in [5, 5.41) is -0.512. The molecule has 0 aromatic heterocycles. The topological polar surface area (TPSA) is 82.1 Å². The number of allylic oxidation sites excluding steroid dienone is 1. The Bertz CT molecular complexity index is 802. The maximum Gasteiger partial charge on any atom is 0.325 e. The van der Waals surface area contributed by atoms with Crippen LogP contribution in [0.1, 0.15) is 18.1 Å². The van der Waals surface area contributed by atoms with Crippen molar-refractivity contribution in [2.24, 2.45) is 0 Å². The highest BCUT2D eigenvalue weighted by Crippen LogP contribution is 2.37. The molecular formula is C19H21NO6S. The Labute approximate surface area is 161 Å². The molecule has 0 unspecified atom stereocenters. The number of carbonyl (C=O) groups excluding carboxylic acids is 3. The number of imide groups is 1. The van der Waals surface area contributed by atoms with Crippen molar-refractivity contribution in [1.82, 2.24) is 4.90 Å². The van der Waals surface area contributed by atoms with Gasteiger partial charge in [0, 0.05) is 5.56 Å². The average molecular weight is 391 g/mol. The summed E-state index contributed by atoms with van der Waals surface area (Å²) in [5.41, 5.74) is 1.53. The summed E-state index contributed by atoms with van der Waals surface area (Å²) in [6.45, 7) is 5.64. The number of carbonyl (C=O) groups is 3. The molecule has 0 bridgehead atoms. The van der Waals surface area contributed by atoms with E-state index in [-0.39, 0.29) is 4.91 Å². The number of amides is 2. The molecule has 144 valence electrons. The zero-order chi connectivity index (χ0) is 20.0. The van der Waals surface area contributed by atoms with Crippen molar-refractivity contribution in [2.45, 2.75) is 13.3 Å². The summed E-state index contributed by atoms with van der Waals surface area (Å²) in [6.07, 6.45) is 3.88. The lowest BCUT2D eigenvalue weighted by Gasteiger charge is -2.14. The molecule has 1 heterocycles. The third-order valence-corrected chi connectivity index (χ3v) is 4.62. The Balaban J connectivity index is 2.40. The Morgan fingerprint density at radius 3 is 2.63 bits per heavy atom. The highest BCUT2D eigenvalue weighted by molar-refractivity contribution is 8.18. The third kappa shape index (κ3) is 4.71. The van der Waals surface area contributed by atoms with Crippen LogP contribution in [-0.4, -0.2) is 49.4 Å². The van der Waals surface area contributed by atoms with Gasteiger partial charge in [0.05, 0.1) is 25.7 Å². The van der Waals surface area contributed by atoms with Crippen LogP contribution in [0.2, 0.25) is 0 Å². The summed E-state index contributed by atoms with van der Waals surface area (Å²) in [5.74, 6) is -0.0450. The van der Waals surface area contributed by atoms with Gasteiger partial charge in [-0.2, -0.15) is 0 Å². The number of hydrogen-bond donors (Lipinski definition) is 0. The molecule has 7 nitrogen and oxygen atoms in total. The normalized spacial score (nSPS) is 15.2. The maximum absolute atomic E-state index is 12.5. The third-order valence-electron chi connectivity index (χ3n) is 3.71. The number of hydrogen-bond acceptors (Lipinski definition) is 7. The molecule has 2 amide bonds. The van der Waals surface area contributed by atoms with Crippen LogP contribution in [0.4, 0.5) is 4.79 Å². The van der Waals surface area contributed by atoms with Crippen molar-refractivity contribution in [2.75, 3.05) is 27.4 Å². The van der Waals surface area contributed by atoms with Gasteiger partial charge in [0.25, 0.3) is 11.1 Å². The van der Waals surface area contributed by atoms with Crippen molar-refractivity contribution < 1.29 is 28.6 Å². The van der Waals surface area contributed by atoms with Crippen LogP contribution in [0.25, 0.3) is 6.08 Å². The lowest BCUT2D eigenvalue weighted by atomic mass is 10.0. The minimum Gasteiger partial charge on any atom is -0.493 e. The Morgan fingerprint density at radius 1 is 1.30 bits per heavy atom. The molecule has 0 saturated carbocycles. The first-order chi connectivity index (χ1) is 12.9. The van der Waals surface area contributed by atoms with E-state index in [4.69, 9.17) is 9.47 Å². The molecule has 1 saturated heterocycles. The smallest absolute Gasteiger partial charge is 0.325 e. The molecule has 8 heteroatoms. The molecule has 1 fully saturated rings. The van der Waals surface area contributed by atoms with Gasteiger partial charge >= 0.3 is 5.97 Å². The number of ether oxygens (including phenoxy) is 3. The van der Waals surface area contributed by atoms with Gasteiger partial charge in [0.15, 0.2) is 11.5 Å². The highest BCUT2D eigenvalue weighted by atomic mass is 32.2. The lowest BCUT2D eigenvalue weighted by molar-refractivity contribution is -0.143. The Kier molecular flexibility index (Phi) is 7.06. The molecule has 0 spiro atoms. The SMILES string of the molecule is C=CCc1cc(/C=C2/SC(=O)N(CC(=O)OC)C2=O)cc(OCC)c1OC. The zero-order valence-electron chi connectivity index (χ0n) is 15.4. The van der Waals surface area contributed by atoms with E-state index in [0.29, 0.717) is 30.1 Å². The first kappa shape index (κ1) is 20.6. The summed E-state index contributed by atoms with van der Waals surface area (Å²) in [6, 6.07) is 3.58. The van der Waals surface area contributed by atoms with E-state index in [2.05, 4.69) is 11.3 Å². The van der Waals surface area contributed by atoms with Crippen LogP contribution in [0, 0.1) is 0 Å². The summed E-state index contributed by atoms with van der Waals surface area (Å²) >= 11 is 0.776. The summed E-state index contributed by atoms with van der Waals surface area (Å²) in [7, 11) is 2.76. The van der Waals surface area contributed by atoms with Crippen molar-refractivity contribution >= 4 is 35.0 Å². The zero-order valence-corrected chi connectivity index (χ0v) is 16.3. The molecule has 2 rings (SSSR count). The predicted octanol–water partition coefficient (Wildman–Crippen LogP) is 3.03. The fourth-order valence-corrected chi connectivity index (χ4v) is 3.39. The van der Waals surface area contributed by atoms with E-state index in [1.54, 1.807) is 25.3 Å². The van der Waals surface area contributed by atoms with E-state index in [0.717, 1.165) is 22.2 Å².